The molecule has 0 fully saturated rings. The number of ether oxygens (including phenoxy) is 1. The summed E-state index contributed by atoms with van der Waals surface area (Å²) in [6, 6.07) is 6.07. The van der Waals surface area contributed by atoms with Gasteiger partial charge in [0.25, 0.3) is 0 Å². The van der Waals surface area contributed by atoms with E-state index in [1.807, 2.05) is 0 Å². The Morgan fingerprint density at radius 1 is 1.40 bits per heavy atom. The van der Waals surface area contributed by atoms with Gasteiger partial charge in [-0.3, -0.25) is 0 Å². The van der Waals surface area contributed by atoms with E-state index in [0.717, 1.165) is 4.57 Å². The van der Waals surface area contributed by atoms with E-state index in [1.165, 1.54) is 18.2 Å². The summed E-state index contributed by atoms with van der Waals surface area (Å²) in [5, 5.41) is 9.29. The lowest BCUT2D eigenvalue weighted by molar-refractivity contribution is -0.145. The van der Waals surface area contributed by atoms with Crippen molar-refractivity contribution in [2.45, 2.75) is 19.8 Å². The Morgan fingerprint density at radius 3 is 2.65 bits per heavy atom. The van der Waals surface area contributed by atoms with Gasteiger partial charge < -0.3 is 9.30 Å². The predicted octanol–water partition coefficient (Wildman–Crippen LogP) is 4.18. The highest BCUT2D eigenvalue weighted by Crippen LogP contribution is 2.40. The van der Waals surface area contributed by atoms with E-state index in [9.17, 15) is 13.2 Å². The Kier molecular flexibility index (Phi) is 3.93. The average Bonchev–Trinajstić information content (AvgIpc) is 2.71. The molecule has 7 heteroatoms. The Bertz CT molecular complexity index is 685. The van der Waals surface area contributed by atoms with E-state index in [1.54, 1.807) is 13.0 Å². The van der Waals surface area contributed by atoms with Gasteiger partial charge in [-0.1, -0.05) is 17.7 Å². The summed E-state index contributed by atoms with van der Waals surface area (Å²) in [7, 11) is 0. The van der Waals surface area contributed by atoms with E-state index in [0.29, 0.717) is 0 Å². The highest BCUT2D eigenvalue weighted by Gasteiger charge is 2.40. The SMILES string of the molecule is CCOCn1c(C(F)(F)F)c(C#N)c2c(Cl)cccc21. The lowest BCUT2D eigenvalue weighted by atomic mass is 10.1. The number of halogens is 4. The van der Waals surface area contributed by atoms with Crippen molar-refractivity contribution in [2.75, 3.05) is 6.61 Å². The first-order valence-corrected chi connectivity index (χ1v) is 6.15. The highest BCUT2D eigenvalue weighted by molar-refractivity contribution is 6.36. The molecule has 0 bridgehead atoms. The lowest BCUT2D eigenvalue weighted by Gasteiger charge is -2.13. The zero-order valence-corrected chi connectivity index (χ0v) is 11.2. The van der Waals surface area contributed by atoms with Gasteiger partial charge in [-0.05, 0) is 19.1 Å². The Balaban J connectivity index is 2.86. The first-order chi connectivity index (χ1) is 9.41. The fourth-order valence-electron chi connectivity index (χ4n) is 2.08. The molecule has 0 amide bonds. The van der Waals surface area contributed by atoms with E-state index >= 15 is 0 Å². The first-order valence-electron chi connectivity index (χ1n) is 5.77. The van der Waals surface area contributed by atoms with Crippen LogP contribution in [0.3, 0.4) is 0 Å². The number of rotatable bonds is 3. The summed E-state index contributed by atoms with van der Waals surface area (Å²) >= 11 is 5.94. The Hall–Kier alpha value is -1.71. The third kappa shape index (κ3) is 2.35. The van der Waals surface area contributed by atoms with Crippen molar-refractivity contribution in [2.24, 2.45) is 0 Å². The van der Waals surface area contributed by atoms with Crippen LogP contribution in [-0.2, 0) is 17.6 Å². The van der Waals surface area contributed by atoms with Crippen LogP contribution in [0.5, 0.6) is 0 Å². The van der Waals surface area contributed by atoms with Crippen LogP contribution >= 0.6 is 11.6 Å². The maximum absolute atomic E-state index is 13.2. The molecule has 0 aliphatic rings. The lowest BCUT2D eigenvalue weighted by Crippen LogP contribution is -2.16. The van der Waals surface area contributed by atoms with Crippen LogP contribution in [0, 0.1) is 11.3 Å². The fraction of sp³-hybridized carbons (Fsp3) is 0.308. The second kappa shape index (κ2) is 5.35. The number of nitriles is 1. The van der Waals surface area contributed by atoms with Gasteiger partial charge in [-0.2, -0.15) is 18.4 Å². The molecule has 0 spiro atoms. The predicted molar refractivity (Wildman–Crippen MR) is 68.3 cm³/mol. The summed E-state index contributed by atoms with van der Waals surface area (Å²) in [4.78, 5) is 0. The van der Waals surface area contributed by atoms with Crippen molar-refractivity contribution in [1.82, 2.24) is 4.57 Å². The molecule has 0 radical (unpaired) electrons. The number of nitrogens with zero attached hydrogens (tertiary/aromatic N) is 2. The molecule has 106 valence electrons. The number of aromatic nitrogens is 1. The maximum Gasteiger partial charge on any atom is 0.432 e. The molecule has 3 nitrogen and oxygen atoms in total. The van der Waals surface area contributed by atoms with Crippen molar-refractivity contribution >= 4 is 22.5 Å². The maximum atomic E-state index is 13.2. The van der Waals surface area contributed by atoms with Crippen LogP contribution in [0.1, 0.15) is 18.2 Å². The van der Waals surface area contributed by atoms with E-state index in [4.69, 9.17) is 21.6 Å². The Morgan fingerprint density at radius 2 is 2.10 bits per heavy atom. The average molecular weight is 303 g/mol. The number of alkyl halides is 3. The molecule has 2 aromatic rings. The monoisotopic (exact) mass is 302 g/mol. The summed E-state index contributed by atoms with van der Waals surface area (Å²) in [5.74, 6) is 0. The summed E-state index contributed by atoms with van der Waals surface area (Å²) in [6.07, 6.45) is -4.66. The number of hydrogen-bond donors (Lipinski definition) is 0. The topological polar surface area (TPSA) is 38.0 Å². The molecule has 0 saturated carbocycles. The molecule has 0 aliphatic heterocycles. The number of benzene rings is 1. The molecule has 0 atom stereocenters. The summed E-state index contributed by atoms with van der Waals surface area (Å²) < 4.78 is 45.7. The van der Waals surface area contributed by atoms with Crippen LogP contribution in [0.4, 0.5) is 13.2 Å². The van der Waals surface area contributed by atoms with Crippen LogP contribution in [-0.4, -0.2) is 11.2 Å². The minimum absolute atomic E-state index is 0.101. The van der Waals surface area contributed by atoms with E-state index in [2.05, 4.69) is 0 Å². The molecule has 0 N–H and O–H groups in total. The zero-order chi connectivity index (χ0) is 14.9. The van der Waals surface area contributed by atoms with Crippen LogP contribution in [0.15, 0.2) is 18.2 Å². The minimum Gasteiger partial charge on any atom is -0.361 e. The van der Waals surface area contributed by atoms with E-state index in [-0.39, 0.29) is 29.3 Å². The molecule has 0 unspecified atom stereocenters. The zero-order valence-electron chi connectivity index (χ0n) is 10.5. The third-order valence-electron chi connectivity index (χ3n) is 2.84. The van der Waals surface area contributed by atoms with E-state index < -0.39 is 17.4 Å². The van der Waals surface area contributed by atoms with Gasteiger partial charge in [0.05, 0.1) is 16.1 Å². The smallest absolute Gasteiger partial charge is 0.361 e. The summed E-state index contributed by atoms with van der Waals surface area (Å²) in [5.41, 5.74) is -1.27. The van der Waals surface area contributed by atoms with Crippen LogP contribution < -0.4 is 0 Å². The molecular weight excluding hydrogens is 293 g/mol. The fourth-order valence-corrected chi connectivity index (χ4v) is 2.34. The van der Waals surface area contributed by atoms with Crippen molar-refractivity contribution in [3.8, 4) is 6.07 Å². The molecule has 1 heterocycles. The van der Waals surface area contributed by atoms with Crippen molar-refractivity contribution < 1.29 is 17.9 Å². The molecule has 1 aromatic heterocycles. The standard InChI is InChI=1S/C13H10ClF3N2O/c1-2-20-7-19-10-5-3-4-9(14)11(10)8(6-18)12(19)13(15,16)17/h3-5H,2,7H2,1H3. The second-order valence-corrected chi connectivity index (χ2v) is 4.42. The molecule has 1 aromatic carbocycles. The van der Waals surface area contributed by atoms with Crippen molar-refractivity contribution in [3.63, 3.8) is 0 Å². The molecule has 0 saturated heterocycles. The quantitative estimate of drug-likeness (QED) is 0.853. The van der Waals surface area contributed by atoms with Gasteiger partial charge in [0, 0.05) is 12.0 Å². The minimum atomic E-state index is -4.66. The first kappa shape index (κ1) is 14.7. The van der Waals surface area contributed by atoms with Crippen LogP contribution in [0.2, 0.25) is 5.02 Å². The highest BCUT2D eigenvalue weighted by atomic mass is 35.5. The van der Waals surface area contributed by atoms with Crippen molar-refractivity contribution in [3.05, 3.63) is 34.5 Å². The molecule has 2 rings (SSSR count). The van der Waals surface area contributed by atoms with Gasteiger partial charge in [-0.15, -0.1) is 0 Å². The van der Waals surface area contributed by atoms with Gasteiger partial charge in [-0.25, -0.2) is 0 Å². The normalized spacial score (nSPS) is 11.8. The van der Waals surface area contributed by atoms with Crippen LogP contribution in [0.25, 0.3) is 10.9 Å². The van der Waals surface area contributed by atoms with Gasteiger partial charge in [0.15, 0.2) is 0 Å². The second-order valence-electron chi connectivity index (χ2n) is 4.02. The molecular formula is C13H10ClF3N2O. The van der Waals surface area contributed by atoms with Crippen molar-refractivity contribution in [1.29, 1.82) is 5.26 Å². The largest absolute Gasteiger partial charge is 0.432 e. The summed E-state index contributed by atoms with van der Waals surface area (Å²) in [6.45, 7) is 1.65. The Labute approximate surface area is 118 Å². The third-order valence-corrected chi connectivity index (χ3v) is 3.16. The molecule has 20 heavy (non-hydrogen) atoms. The van der Waals surface area contributed by atoms with Gasteiger partial charge in [0.2, 0.25) is 0 Å². The van der Waals surface area contributed by atoms with Gasteiger partial charge >= 0.3 is 6.18 Å². The number of fused-ring (bicyclic) bond motifs is 1. The van der Waals surface area contributed by atoms with Gasteiger partial charge in [0.1, 0.15) is 18.5 Å². The number of hydrogen-bond acceptors (Lipinski definition) is 2. The molecule has 0 aliphatic carbocycles.